The third kappa shape index (κ3) is 3.95. The summed E-state index contributed by atoms with van der Waals surface area (Å²) < 4.78 is 5.14. The van der Waals surface area contributed by atoms with Crippen molar-refractivity contribution >= 4 is 39.1 Å². The molecule has 0 unspecified atom stereocenters. The molecule has 0 saturated carbocycles. The van der Waals surface area contributed by atoms with Crippen LogP contribution in [0, 0.1) is 0 Å². The van der Waals surface area contributed by atoms with E-state index in [9.17, 15) is 4.79 Å². The lowest BCUT2D eigenvalue weighted by Crippen LogP contribution is -2.35. The Morgan fingerprint density at radius 3 is 2.74 bits per heavy atom. The Morgan fingerprint density at radius 2 is 2.13 bits per heavy atom. The number of nitrogens with zero attached hydrogens (tertiary/aromatic N) is 2. The molecule has 0 N–H and O–H groups in total. The molecule has 3 rings (SSSR count). The molecule has 0 saturated heterocycles. The highest BCUT2D eigenvalue weighted by atomic mass is 32.2. The predicted molar refractivity (Wildman–Crippen MR) is 98.4 cm³/mol. The maximum Gasteiger partial charge on any atom is 0.182 e. The van der Waals surface area contributed by atoms with E-state index in [2.05, 4.69) is 4.99 Å². The Labute approximate surface area is 144 Å². The second-order valence-corrected chi connectivity index (χ2v) is 7.04. The van der Waals surface area contributed by atoms with Crippen LogP contribution in [0.3, 0.4) is 0 Å². The van der Waals surface area contributed by atoms with Gasteiger partial charge in [-0.2, -0.15) is 0 Å². The second-order valence-electron chi connectivity index (χ2n) is 5.06. The number of benzene rings is 1. The summed E-state index contributed by atoms with van der Waals surface area (Å²) >= 11 is 3.35. The Morgan fingerprint density at radius 1 is 1.30 bits per heavy atom. The van der Waals surface area contributed by atoms with Gasteiger partial charge in [0, 0.05) is 17.9 Å². The standard InChI is InChI=1S/C17H18N2O2S2/c1-21-14-7-5-13(6-8-14)15(20)12-19(16-4-2-10-22-16)17-18-9-3-11-23-17/h2,4-8,10H,3,9,11-12H2,1H3. The summed E-state index contributed by atoms with van der Waals surface area (Å²) in [6.45, 7) is 1.14. The Balaban J connectivity index is 1.80. The van der Waals surface area contributed by atoms with Gasteiger partial charge < -0.3 is 9.64 Å². The number of anilines is 1. The number of rotatable bonds is 5. The number of ether oxygens (including phenoxy) is 1. The minimum absolute atomic E-state index is 0.0786. The van der Waals surface area contributed by atoms with Crippen LogP contribution in [0.1, 0.15) is 16.8 Å². The number of hydrogen-bond acceptors (Lipinski definition) is 6. The van der Waals surface area contributed by atoms with Crippen LogP contribution < -0.4 is 9.64 Å². The molecule has 0 radical (unpaired) electrons. The van der Waals surface area contributed by atoms with Crippen molar-refractivity contribution in [2.45, 2.75) is 6.42 Å². The van der Waals surface area contributed by atoms with Crippen LogP contribution >= 0.6 is 23.1 Å². The summed E-state index contributed by atoms with van der Waals surface area (Å²) in [5, 5.41) is 4.02. The van der Waals surface area contributed by atoms with E-state index < -0.39 is 0 Å². The zero-order valence-electron chi connectivity index (χ0n) is 12.9. The average Bonchev–Trinajstić information content (AvgIpc) is 3.14. The first kappa shape index (κ1) is 16.1. The fraction of sp³-hybridized carbons (Fsp3) is 0.294. The first-order valence-electron chi connectivity index (χ1n) is 7.43. The third-order valence-electron chi connectivity index (χ3n) is 3.50. The fourth-order valence-electron chi connectivity index (χ4n) is 2.29. The van der Waals surface area contributed by atoms with Crippen molar-refractivity contribution in [3.05, 3.63) is 47.3 Å². The van der Waals surface area contributed by atoms with Gasteiger partial charge in [-0.1, -0.05) is 11.8 Å². The summed E-state index contributed by atoms with van der Waals surface area (Å²) in [6.07, 6.45) is 1.10. The van der Waals surface area contributed by atoms with Crippen molar-refractivity contribution in [2.24, 2.45) is 4.99 Å². The van der Waals surface area contributed by atoms with Crippen LogP contribution in [0.4, 0.5) is 5.00 Å². The quantitative estimate of drug-likeness (QED) is 0.769. The number of thiophene rings is 1. The Hall–Kier alpha value is -1.79. The molecule has 2 heterocycles. The van der Waals surface area contributed by atoms with E-state index in [1.54, 1.807) is 30.2 Å². The van der Waals surface area contributed by atoms with E-state index in [-0.39, 0.29) is 5.78 Å². The number of Topliss-reactive ketones (excluding diaryl/α,β-unsaturated/α-hetero) is 1. The molecule has 2 aromatic rings. The van der Waals surface area contributed by atoms with Crippen molar-refractivity contribution in [3.63, 3.8) is 0 Å². The van der Waals surface area contributed by atoms with E-state index in [0.29, 0.717) is 12.1 Å². The molecule has 0 amide bonds. The summed E-state index contributed by atoms with van der Waals surface area (Å²) in [5.41, 5.74) is 0.689. The summed E-state index contributed by atoms with van der Waals surface area (Å²) in [4.78, 5) is 19.3. The lowest BCUT2D eigenvalue weighted by molar-refractivity contribution is 0.100. The van der Waals surface area contributed by atoms with Gasteiger partial charge in [0.2, 0.25) is 0 Å². The van der Waals surface area contributed by atoms with Gasteiger partial charge in [0.25, 0.3) is 0 Å². The van der Waals surface area contributed by atoms with E-state index in [1.165, 1.54) is 0 Å². The number of hydrogen-bond donors (Lipinski definition) is 0. The molecular weight excluding hydrogens is 328 g/mol. The number of carbonyl (C=O) groups excluding carboxylic acids is 1. The molecule has 0 atom stereocenters. The third-order valence-corrected chi connectivity index (χ3v) is 5.49. The van der Waals surface area contributed by atoms with Crippen molar-refractivity contribution in [1.82, 2.24) is 0 Å². The van der Waals surface area contributed by atoms with Crippen LogP contribution in [-0.2, 0) is 0 Å². The number of methoxy groups -OCH3 is 1. The van der Waals surface area contributed by atoms with Crippen molar-refractivity contribution < 1.29 is 9.53 Å². The Kier molecular flexibility index (Phi) is 5.35. The number of aliphatic imine (C=N–C) groups is 1. The van der Waals surface area contributed by atoms with Crippen LogP contribution in [-0.4, -0.2) is 36.9 Å². The minimum Gasteiger partial charge on any atom is -0.497 e. The SMILES string of the molecule is COc1ccc(C(=O)CN(C2=NCCCS2)c2cccs2)cc1. The molecule has 23 heavy (non-hydrogen) atoms. The second kappa shape index (κ2) is 7.66. The predicted octanol–water partition coefficient (Wildman–Crippen LogP) is 3.94. The maximum absolute atomic E-state index is 12.7. The molecule has 0 fully saturated rings. The summed E-state index contributed by atoms with van der Waals surface area (Å²) in [6, 6.07) is 11.3. The molecule has 0 bridgehead atoms. The van der Waals surface area contributed by atoms with E-state index in [1.807, 2.05) is 46.7 Å². The first-order chi connectivity index (χ1) is 11.3. The minimum atomic E-state index is 0.0786. The monoisotopic (exact) mass is 346 g/mol. The molecule has 1 aliphatic rings. The zero-order valence-corrected chi connectivity index (χ0v) is 14.5. The molecule has 0 aliphatic carbocycles. The van der Waals surface area contributed by atoms with Crippen LogP contribution in [0.2, 0.25) is 0 Å². The van der Waals surface area contributed by atoms with Gasteiger partial charge in [-0.15, -0.1) is 11.3 Å². The highest BCUT2D eigenvalue weighted by Gasteiger charge is 2.21. The average molecular weight is 346 g/mol. The molecule has 0 spiro atoms. The molecule has 120 valence electrons. The highest BCUT2D eigenvalue weighted by Crippen LogP contribution is 2.27. The first-order valence-corrected chi connectivity index (χ1v) is 9.30. The fourth-order valence-corrected chi connectivity index (χ4v) is 4.03. The smallest absolute Gasteiger partial charge is 0.182 e. The zero-order chi connectivity index (χ0) is 16.1. The van der Waals surface area contributed by atoms with Crippen LogP contribution in [0.5, 0.6) is 5.75 Å². The molecular formula is C17H18N2O2S2. The highest BCUT2D eigenvalue weighted by molar-refractivity contribution is 8.14. The summed E-state index contributed by atoms with van der Waals surface area (Å²) in [7, 11) is 1.62. The molecule has 6 heteroatoms. The van der Waals surface area contributed by atoms with E-state index in [4.69, 9.17) is 4.74 Å². The van der Waals surface area contributed by atoms with Crippen molar-refractivity contribution in [1.29, 1.82) is 0 Å². The van der Waals surface area contributed by atoms with Gasteiger partial charge in [0.15, 0.2) is 11.0 Å². The summed E-state index contributed by atoms with van der Waals surface area (Å²) in [5.74, 6) is 1.89. The normalized spacial score (nSPS) is 14.2. The Bertz CT molecular complexity index is 681. The van der Waals surface area contributed by atoms with Crippen LogP contribution in [0.15, 0.2) is 46.8 Å². The van der Waals surface area contributed by atoms with Crippen molar-refractivity contribution in [2.75, 3.05) is 30.9 Å². The number of carbonyl (C=O) groups is 1. The number of amidine groups is 1. The van der Waals surface area contributed by atoms with Gasteiger partial charge in [0.1, 0.15) is 5.75 Å². The molecule has 1 aliphatic heterocycles. The molecule has 4 nitrogen and oxygen atoms in total. The lowest BCUT2D eigenvalue weighted by atomic mass is 10.1. The van der Waals surface area contributed by atoms with Gasteiger partial charge in [-0.25, -0.2) is 0 Å². The van der Waals surface area contributed by atoms with Gasteiger partial charge in [0.05, 0.1) is 18.7 Å². The van der Waals surface area contributed by atoms with E-state index in [0.717, 1.165) is 34.6 Å². The number of thioether (sulfide) groups is 1. The van der Waals surface area contributed by atoms with Crippen LogP contribution in [0.25, 0.3) is 0 Å². The van der Waals surface area contributed by atoms with Gasteiger partial charge >= 0.3 is 0 Å². The number of ketones is 1. The lowest BCUT2D eigenvalue weighted by Gasteiger charge is -2.25. The van der Waals surface area contributed by atoms with Gasteiger partial charge in [-0.3, -0.25) is 9.79 Å². The molecule has 1 aromatic heterocycles. The largest absolute Gasteiger partial charge is 0.497 e. The maximum atomic E-state index is 12.7. The van der Waals surface area contributed by atoms with E-state index >= 15 is 0 Å². The van der Waals surface area contributed by atoms with Crippen molar-refractivity contribution in [3.8, 4) is 5.75 Å². The molecule has 1 aromatic carbocycles. The van der Waals surface area contributed by atoms with Gasteiger partial charge in [-0.05, 0) is 48.2 Å². The topological polar surface area (TPSA) is 41.9 Å².